The van der Waals surface area contributed by atoms with Gasteiger partial charge in [0.25, 0.3) is 5.91 Å². The Morgan fingerprint density at radius 3 is 2.53 bits per heavy atom. The van der Waals surface area contributed by atoms with Gasteiger partial charge in [0.15, 0.2) is 0 Å². The molecule has 94 valence electrons. The van der Waals surface area contributed by atoms with E-state index in [1.54, 1.807) is 13.1 Å². The van der Waals surface area contributed by atoms with Crippen molar-refractivity contribution < 1.29 is 9.59 Å². The Morgan fingerprint density at radius 2 is 1.79 bits per heavy atom. The van der Waals surface area contributed by atoms with Crippen LogP contribution in [0.15, 0.2) is 48.2 Å². The summed E-state index contributed by atoms with van der Waals surface area (Å²) in [6.07, 6.45) is 1.74. The van der Waals surface area contributed by atoms with Gasteiger partial charge in [-0.15, -0.1) is 0 Å². The minimum atomic E-state index is -0.392. The van der Waals surface area contributed by atoms with E-state index in [4.69, 9.17) is 0 Å². The summed E-state index contributed by atoms with van der Waals surface area (Å²) in [5.41, 5.74) is 1.28. The van der Waals surface area contributed by atoms with Gasteiger partial charge in [-0.25, -0.2) is 4.79 Å². The number of carbonyl (C=O) groups is 2. The Labute approximate surface area is 110 Å². The molecule has 3 rings (SSSR count). The van der Waals surface area contributed by atoms with E-state index in [2.05, 4.69) is 5.32 Å². The number of nitrogens with one attached hydrogen (secondary N) is 1. The van der Waals surface area contributed by atoms with Crippen LogP contribution in [0, 0.1) is 0 Å². The van der Waals surface area contributed by atoms with E-state index in [1.165, 1.54) is 4.90 Å². The molecule has 1 saturated heterocycles. The molecule has 0 unspecified atom stereocenters. The highest BCUT2D eigenvalue weighted by Gasteiger charge is 2.29. The molecule has 19 heavy (non-hydrogen) atoms. The van der Waals surface area contributed by atoms with Crippen LogP contribution in [-0.2, 0) is 4.79 Å². The lowest BCUT2D eigenvalue weighted by Crippen LogP contribution is -2.24. The maximum absolute atomic E-state index is 11.7. The second kappa shape index (κ2) is 4.24. The van der Waals surface area contributed by atoms with Crippen molar-refractivity contribution in [1.29, 1.82) is 0 Å². The standard InChI is InChI=1S/C15H12N2O2/c1-17-13(14(18)16-15(17)19)9-11-7-4-6-10-5-2-3-8-12(10)11/h2-9H,1H3,(H,16,18,19). The number of urea groups is 1. The zero-order valence-corrected chi connectivity index (χ0v) is 10.4. The van der Waals surface area contributed by atoms with Crippen LogP contribution in [0.4, 0.5) is 4.79 Å². The molecule has 0 aliphatic carbocycles. The molecule has 0 saturated carbocycles. The van der Waals surface area contributed by atoms with Crippen LogP contribution in [0.3, 0.4) is 0 Å². The normalized spacial score (nSPS) is 17.3. The predicted octanol–water partition coefficient (Wildman–Crippen LogP) is 2.36. The average Bonchev–Trinajstić information content (AvgIpc) is 2.66. The predicted molar refractivity (Wildman–Crippen MR) is 73.2 cm³/mol. The quantitative estimate of drug-likeness (QED) is 0.625. The Morgan fingerprint density at radius 1 is 1.05 bits per heavy atom. The lowest BCUT2D eigenvalue weighted by atomic mass is 10.0. The Bertz CT molecular complexity index is 714. The number of carbonyl (C=O) groups excluding carboxylic acids is 2. The Balaban J connectivity index is 2.16. The molecule has 1 aliphatic heterocycles. The number of likely N-dealkylation sites (N-methyl/N-ethyl adjacent to an activating group) is 1. The van der Waals surface area contributed by atoms with Crippen molar-refractivity contribution in [2.45, 2.75) is 0 Å². The first-order chi connectivity index (χ1) is 9.16. The van der Waals surface area contributed by atoms with Crippen molar-refractivity contribution in [2.24, 2.45) is 0 Å². The Kier molecular flexibility index (Phi) is 2.56. The molecule has 1 aliphatic rings. The molecule has 1 heterocycles. The highest BCUT2D eigenvalue weighted by atomic mass is 16.2. The molecule has 4 heteroatoms. The first-order valence-electron chi connectivity index (χ1n) is 5.95. The third-order valence-corrected chi connectivity index (χ3v) is 3.23. The number of hydrogen-bond acceptors (Lipinski definition) is 2. The summed E-state index contributed by atoms with van der Waals surface area (Å²) in [5, 5.41) is 4.42. The number of hydrogen-bond donors (Lipinski definition) is 1. The van der Waals surface area contributed by atoms with Crippen molar-refractivity contribution in [3.63, 3.8) is 0 Å². The van der Waals surface area contributed by atoms with Crippen LogP contribution in [0.5, 0.6) is 0 Å². The minimum Gasteiger partial charge on any atom is -0.292 e. The fraction of sp³-hybridized carbons (Fsp3) is 0.0667. The van der Waals surface area contributed by atoms with Crippen LogP contribution in [0.2, 0.25) is 0 Å². The maximum atomic E-state index is 11.7. The van der Waals surface area contributed by atoms with E-state index in [0.29, 0.717) is 5.70 Å². The summed E-state index contributed by atoms with van der Waals surface area (Å²) >= 11 is 0. The monoisotopic (exact) mass is 252 g/mol. The second-order valence-corrected chi connectivity index (χ2v) is 4.42. The zero-order chi connectivity index (χ0) is 13.4. The lowest BCUT2D eigenvalue weighted by molar-refractivity contribution is -0.115. The third kappa shape index (κ3) is 1.87. The summed E-state index contributed by atoms with van der Waals surface area (Å²) in [6.45, 7) is 0. The molecule has 0 aromatic heterocycles. The summed E-state index contributed by atoms with van der Waals surface area (Å²) < 4.78 is 0. The number of nitrogens with zero attached hydrogens (tertiary/aromatic N) is 1. The first kappa shape index (κ1) is 11.5. The van der Waals surface area contributed by atoms with Gasteiger partial charge in [0, 0.05) is 7.05 Å². The third-order valence-electron chi connectivity index (χ3n) is 3.23. The van der Waals surface area contributed by atoms with Crippen LogP contribution >= 0.6 is 0 Å². The summed E-state index contributed by atoms with van der Waals surface area (Å²) in [6, 6.07) is 13.4. The molecule has 2 aromatic carbocycles. The van der Waals surface area contributed by atoms with E-state index in [9.17, 15) is 9.59 Å². The molecule has 2 aromatic rings. The number of rotatable bonds is 1. The highest BCUT2D eigenvalue weighted by Crippen LogP contribution is 2.22. The topological polar surface area (TPSA) is 49.4 Å². The highest BCUT2D eigenvalue weighted by molar-refractivity contribution is 6.14. The van der Waals surface area contributed by atoms with Gasteiger partial charge in [-0.1, -0.05) is 42.5 Å². The summed E-state index contributed by atoms with van der Waals surface area (Å²) in [7, 11) is 1.58. The maximum Gasteiger partial charge on any atom is 0.328 e. The van der Waals surface area contributed by atoms with Gasteiger partial charge in [-0.3, -0.25) is 15.0 Å². The number of benzene rings is 2. The van der Waals surface area contributed by atoms with Crippen LogP contribution < -0.4 is 5.32 Å². The lowest BCUT2D eigenvalue weighted by Gasteiger charge is -2.08. The van der Waals surface area contributed by atoms with Crippen LogP contribution in [0.1, 0.15) is 5.56 Å². The van der Waals surface area contributed by atoms with Crippen molar-refractivity contribution in [3.8, 4) is 0 Å². The molecule has 0 radical (unpaired) electrons. The van der Waals surface area contributed by atoms with E-state index in [-0.39, 0.29) is 5.91 Å². The first-order valence-corrected chi connectivity index (χ1v) is 5.95. The van der Waals surface area contributed by atoms with E-state index in [1.807, 2.05) is 42.5 Å². The van der Waals surface area contributed by atoms with Crippen molar-refractivity contribution in [1.82, 2.24) is 10.2 Å². The van der Waals surface area contributed by atoms with Crippen LogP contribution in [-0.4, -0.2) is 23.9 Å². The molecule has 0 bridgehead atoms. The zero-order valence-electron chi connectivity index (χ0n) is 10.4. The fourth-order valence-corrected chi connectivity index (χ4v) is 2.19. The van der Waals surface area contributed by atoms with E-state index >= 15 is 0 Å². The molecule has 1 N–H and O–H groups in total. The smallest absolute Gasteiger partial charge is 0.292 e. The van der Waals surface area contributed by atoms with Gasteiger partial charge in [-0.2, -0.15) is 0 Å². The fourth-order valence-electron chi connectivity index (χ4n) is 2.19. The molecule has 0 spiro atoms. The average molecular weight is 252 g/mol. The van der Waals surface area contributed by atoms with Crippen LogP contribution in [0.25, 0.3) is 16.8 Å². The van der Waals surface area contributed by atoms with Gasteiger partial charge in [0.1, 0.15) is 5.70 Å². The van der Waals surface area contributed by atoms with Gasteiger partial charge in [-0.05, 0) is 22.4 Å². The summed E-state index contributed by atoms with van der Waals surface area (Å²) in [4.78, 5) is 24.4. The number of amides is 3. The van der Waals surface area contributed by atoms with Gasteiger partial charge < -0.3 is 0 Å². The van der Waals surface area contributed by atoms with E-state index in [0.717, 1.165) is 16.3 Å². The largest absolute Gasteiger partial charge is 0.328 e. The van der Waals surface area contributed by atoms with Gasteiger partial charge in [0.2, 0.25) is 0 Å². The Hall–Kier alpha value is -2.62. The second-order valence-electron chi connectivity index (χ2n) is 4.42. The van der Waals surface area contributed by atoms with Gasteiger partial charge >= 0.3 is 6.03 Å². The molecule has 1 fully saturated rings. The molecular formula is C15H12N2O2. The molecule has 3 amide bonds. The van der Waals surface area contributed by atoms with Crippen molar-refractivity contribution in [2.75, 3.05) is 7.05 Å². The minimum absolute atomic E-state index is 0.361. The van der Waals surface area contributed by atoms with E-state index < -0.39 is 6.03 Å². The van der Waals surface area contributed by atoms with Crippen molar-refractivity contribution >= 4 is 28.8 Å². The molecule has 0 atom stereocenters. The van der Waals surface area contributed by atoms with Gasteiger partial charge in [0.05, 0.1) is 0 Å². The number of fused-ring (bicyclic) bond motifs is 1. The van der Waals surface area contributed by atoms with Crippen molar-refractivity contribution in [3.05, 3.63) is 53.7 Å². The number of imide groups is 1. The SMILES string of the molecule is CN1C(=O)NC(=O)C1=Cc1cccc2ccccc12. The summed E-state index contributed by atoms with van der Waals surface area (Å²) in [5.74, 6) is -0.361. The molecular weight excluding hydrogens is 240 g/mol. The molecule has 4 nitrogen and oxygen atoms in total.